The standard InChI is InChI=1S/C18H24N4O2/c1-12-5-6-16-13(7-12)8-14(24-16)9-15(22-11-19-10-20-22)17(21-23)18(2,3)4/h5-7,10-11,14-15,23H,8-9H2,1-4H3. The first-order valence-corrected chi connectivity index (χ1v) is 8.21. The summed E-state index contributed by atoms with van der Waals surface area (Å²) in [6.45, 7) is 8.17. The Morgan fingerprint density at radius 3 is 2.88 bits per heavy atom. The molecular weight excluding hydrogens is 304 g/mol. The highest BCUT2D eigenvalue weighted by Gasteiger charge is 2.34. The van der Waals surface area contributed by atoms with Crippen LogP contribution in [0, 0.1) is 12.3 Å². The minimum absolute atomic E-state index is 0.0232. The molecular formula is C18H24N4O2. The van der Waals surface area contributed by atoms with Gasteiger partial charge in [-0.2, -0.15) is 5.10 Å². The third kappa shape index (κ3) is 3.27. The summed E-state index contributed by atoms with van der Waals surface area (Å²) in [4.78, 5) is 4.04. The number of aromatic nitrogens is 3. The lowest BCUT2D eigenvalue weighted by atomic mass is 9.83. The van der Waals surface area contributed by atoms with Crippen molar-refractivity contribution in [1.29, 1.82) is 0 Å². The van der Waals surface area contributed by atoms with E-state index in [0.29, 0.717) is 12.1 Å². The van der Waals surface area contributed by atoms with E-state index < -0.39 is 0 Å². The molecule has 24 heavy (non-hydrogen) atoms. The predicted octanol–water partition coefficient (Wildman–Crippen LogP) is 3.40. The van der Waals surface area contributed by atoms with Gasteiger partial charge in [-0.15, -0.1) is 0 Å². The first kappa shape index (κ1) is 16.5. The second kappa shape index (κ2) is 6.26. The smallest absolute Gasteiger partial charge is 0.137 e. The monoisotopic (exact) mass is 328 g/mol. The lowest BCUT2D eigenvalue weighted by Gasteiger charge is -2.29. The zero-order valence-corrected chi connectivity index (χ0v) is 14.6. The van der Waals surface area contributed by atoms with Crippen molar-refractivity contribution in [2.24, 2.45) is 10.6 Å². The van der Waals surface area contributed by atoms with Crippen LogP contribution in [-0.4, -0.2) is 31.8 Å². The summed E-state index contributed by atoms with van der Waals surface area (Å²) in [5.41, 5.74) is 2.85. The van der Waals surface area contributed by atoms with Crippen LogP contribution in [-0.2, 0) is 6.42 Å². The quantitative estimate of drug-likeness (QED) is 0.530. The van der Waals surface area contributed by atoms with E-state index >= 15 is 0 Å². The van der Waals surface area contributed by atoms with Crippen LogP contribution in [0.15, 0.2) is 36.0 Å². The van der Waals surface area contributed by atoms with E-state index in [1.54, 1.807) is 11.0 Å². The molecule has 1 aromatic carbocycles. The highest BCUT2D eigenvalue weighted by molar-refractivity contribution is 5.92. The van der Waals surface area contributed by atoms with E-state index in [4.69, 9.17) is 4.74 Å². The highest BCUT2D eigenvalue weighted by Crippen LogP contribution is 2.35. The van der Waals surface area contributed by atoms with Gasteiger partial charge in [0.05, 0.1) is 11.8 Å². The largest absolute Gasteiger partial charge is 0.490 e. The maximum atomic E-state index is 9.60. The average Bonchev–Trinajstić information content (AvgIpc) is 3.13. The van der Waals surface area contributed by atoms with Crippen molar-refractivity contribution < 1.29 is 9.94 Å². The SMILES string of the molecule is Cc1ccc2c(c1)CC(CC(C(=NO)C(C)(C)C)n1cncn1)O2. The molecule has 1 aromatic heterocycles. The lowest BCUT2D eigenvalue weighted by Crippen LogP contribution is -2.34. The number of fused-ring (bicyclic) bond motifs is 1. The molecule has 0 saturated heterocycles. The van der Waals surface area contributed by atoms with E-state index in [1.165, 1.54) is 17.5 Å². The van der Waals surface area contributed by atoms with Crippen LogP contribution in [0.3, 0.4) is 0 Å². The molecule has 1 N–H and O–H groups in total. The fraction of sp³-hybridized carbons (Fsp3) is 0.500. The molecule has 2 heterocycles. The Bertz CT molecular complexity index is 732. The zero-order valence-electron chi connectivity index (χ0n) is 14.6. The van der Waals surface area contributed by atoms with Gasteiger partial charge >= 0.3 is 0 Å². The second-order valence-corrected chi connectivity index (χ2v) is 7.42. The Morgan fingerprint density at radius 1 is 1.46 bits per heavy atom. The van der Waals surface area contributed by atoms with Crippen LogP contribution >= 0.6 is 0 Å². The third-order valence-electron chi connectivity index (χ3n) is 4.39. The molecule has 0 amide bonds. The first-order valence-electron chi connectivity index (χ1n) is 8.21. The van der Waals surface area contributed by atoms with Crippen LogP contribution in [0.25, 0.3) is 0 Å². The number of rotatable bonds is 4. The maximum absolute atomic E-state index is 9.60. The van der Waals surface area contributed by atoms with E-state index in [2.05, 4.69) is 34.3 Å². The van der Waals surface area contributed by atoms with Gasteiger partial charge in [-0.1, -0.05) is 43.6 Å². The van der Waals surface area contributed by atoms with Crippen molar-refractivity contribution in [3.05, 3.63) is 42.0 Å². The Kier molecular flexibility index (Phi) is 4.30. The molecule has 128 valence electrons. The molecule has 1 aliphatic heterocycles. The summed E-state index contributed by atoms with van der Waals surface area (Å²) >= 11 is 0. The fourth-order valence-corrected chi connectivity index (χ4v) is 3.27. The molecule has 1 aliphatic rings. The molecule has 6 heteroatoms. The number of hydrogen-bond acceptors (Lipinski definition) is 5. The molecule has 0 spiro atoms. The van der Waals surface area contributed by atoms with Crippen molar-refractivity contribution in [2.45, 2.75) is 52.7 Å². The summed E-state index contributed by atoms with van der Waals surface area (Å²) in [6, 6.07) is 6.06. The van der Waals surface area contributed by atoms with E-state index in [-0.39, 0.29) is 17.6 Å². The van der Waals surface area contributed by atoms with Gasteiger partial charge in [-0.3, -0.25) is 0 Å². The summed E-state index contributed by atoms with van der Waals surface area (Å²) in [5, 5.41) is 17.5. The Labute approximate surface area is 142 Å². The van der Waals surface area contributed by atoms with Crippen LogP contribution < -0.4 is 4.74 Å². The van der Waals surface area contributed by atoms with Crippen molar-refractivity contribution >= 4 is 5.71 Å². The molecule has 2 unspecified atom stereocenters. The minimum atomic E-state index is -0.284. The zero-order chi connectivity index (χ0) is 17.3. The van der Waals surface area contributed by atoms with Gasteiger partial charge in [0.2, 0.25) is 0 Å². The van der Waals surface area contributed by atoms with Gasteiger partial charge in [-0.05, 0) is 18.6 Å². The van der Waals surface area contributed by atoms with E-state index in [0.717, 1.165) is 12.2 Å². The number of benzene rings is 1. The Balaban J connectivity index is 1.84. The highest BCUT2D eigenvalue weighted by atomic mass is 16.5. The van der Waals surface area contributed by atoms with Gasteiger partial charge < -0.3 is 9.94 Å². The first-order chi connectivity index (χ1) is 11.4. The topological polar surface area (TPSA) is 72.5 Å². The summed E-state index contributed by atoms with van der Waals surface area (Å²) < 4.78 is 7.85. The lowest BCUT2D eigenvalue weighted by molar-refractivity contribution is 0.200. The molecule has 0 bridgehead atoms. The average molecular weight is 328 g/mol. The van der Waals surface area contributed by atoms with Crippen molar-refractivity contribution in [3.8, 4) is 5.75 Å². The summed E-state index contributed by atoms with van der Waals surface area (Å²) in [6.07, 6.45) is 4.71. The third-order valence-corrected chi connectivity index (χ3v) is 4.39. The van der Waals surface area contributed by atoms with E-state index in [9.17, 15) is 5.21 Å². The van der Waals surface area contributed by atoms with Crippen LogP contribution in [0.4, 0.5) is 0 Å². The van der Waals surface area contributed by atoms with Gasteiger partial charge in [0, 0.05) is 18.3 Å². The number of nitrogens with zero attached hydrogens (tertiary/aromatic N) is 4. The predicted molar refractivity (Wildman–Crippen MR) is 91.7 cm³/mol. The van der Waals surface area contributed by atoms with E-state index in [1.807, 2.05) is 26.8 Å². The van der Waals surface area contributed by atoms with Crippen molar-refractivity contribution in [3.63, 3.8) is 0 Å². The van der Waals surface area contributed by atoms with Crippen LogP contribution in [0.5, 0.6) is 5.75 Å². The molecule has 6 nitrogen and oxygen atoms in total. The molecule has 0 radical (unpaired) electrons. The number of hydrogen-bond donors (Lipinski definition) is 1. The summed E-state index contributed by atoms with van der Waals surface area (Å²) in [7, 11) is 0. The fourth-order valence-electron chi connectivity index (χ4n) is 3.27. The minimum Gasteiger partial charge on any atom is -0.490 e. The maximum Gasteiger partial charge on any atom is 0.137 e. The molecule has 2 aromatic rings. The van der Waals surface area contributed by atoms with Gasteiger partial charge in [0.15, 0.2) is 0 Å². The number of oxime groups is 1. The Morgan fingerprint density at radius 2 is 2.25 bits per heavy atom. The van der Waals surface area contributed by atoms with Crippen LogP contribution in [0.2, 0.25) is 0 Å². The van der Waals surface area contributed by atoms with Gasteiger partial charge in [0.1, 0.15) is 24.5 Å². The molecule has 0 fully saturated rings. The van der Waals surface area contributed by atoms with Gasteiger partial charge in [0.25, 0.3) is 0 Å². The van der Waals surface area contributed by atoms with Gasteiger partial charge in [-0.25, -0.2) is 9.67 Å². The van der Waals surface area contributed by atoms with Crippen molar-refractivity contribution in [2.75, 3.05) is 0 Å². The molecule has 3 rings (SSSR count). The normalized spacial score (nSPS) is 19.0. The summed E-state index contributed by atoms with van der Waals surface area (Å²) in [5.74, 6) is 0.946. The molecule has 2 atom stereocenters. The number of ether oxygens (including phenoxy) is 1. The second-order valence-electron chi connectivity index (χ2n) is 7.42. The van der Waals surface area contributed by atoms with Crippen molar-refractivity contribution in [1.82, 2.24) is 14.8 Å². The molecule has 0 saturated carbocycles. The molecule has 0 aliphatic carbocycles. The Hall–Kier alpha value is -2.37. The van der Waals surface area contributed by atoms with Crippen LogP contribution in [0.1, 0.15) is 44.4 Å². The number of aryl methyl sites for hydroxylation is 1.